The molecular weight excluding hydrogens is 316 g/mol. The van der Waals surface area contributed by atoms with Gasteiger partial charge in [-0.2, -0.15) is 5.10 Å². The van der Waals surface area contributed by atoms with E-state index >= 15 is 0 Å². The third-order valence-electron chi connectivity index (χ3n) is 4.65. The lowest BCUT2D eigenvalue weighted by molar-refractivity contribution is -0.121. The van der Waals surface area contributed by atoms with Crippen molar-refractivity contribution in [3.63, 3.8) is 0 Å². The SMILES string of the molecule is O=C(CCCn1cncn1)NCC(c1cccnc1)N1CCCCC1. The molecule has 134 valence electrons. The maximum absolute atomic E-state index is 12.2. The number of amides is 1. The van der Waals surface area contributed by atoms with Crippen LogP contribution in [0.2, 0.25) is 0 Å². The molecule has 1 saturated heterocycles. The number of aryl methyl sites for hydroxylation is 1. The Morgan fingerprint density at radius 2 is 2.12 bits per heavy atom. The van der Waals surface area contributed by atoms with Gasteiger partial charge in [0.25, 0.3) is 0 Å². The number of carbonyl (C=O) groups excluding carboxylic acids is 1. The Morgan fingerprint density at radius 3 is 2.84 bits per heavy atom. The average Bonchev–Trinajstić information content (AvgIpc) is 3.17. The van der Waals surface area contributed by atoms with Crippen molar-refractivity contribution in [2.75, 3.05) is 19.6 Å². The summed E-state index contributed by atoms with van der Waals surface area (Å²) < 4.78 is 1.75. The van der Waals surface area contributed by atoms with Crippen LogP contribution in [0.1, 0.15) is 43.7 Å². The van der Waals surface area contributed by atoms with E-state index in [1.165, 1.54) is 31.2 Å². The molecule has 2 aromatic rings. The molecule has 0 aliphatic carbocycles. The third kappa shape index (κ3) is 5.35. The Labute approximate surface area is 148 Å². The molecule has 0 saturated carbocycles. The maximum atomic E-state index is 12.2. The van der Waals surface area contributed by atoms with Crippen LogP contribution < -0.4 is 5.32 Å². The van der Waals surface area contributed by atoms with E-state index in [0.717, 1.165) is 19.5 Å². The van der Waals surface area contributed by atoms with E-state index in [9.17, 15) is 4.79 Å². The summed E-state index contributed by atoms with van der Waals surface area (Å²) in [4.78, 5) is 22.8. The topological polar surface area (TPSA) is 75.9 Å². The van der Waals surface area contributed by atoms with E-state index in [1.54, 1.807) is 17.2 Å². The van der Waals surface area contributed by atoms with Crippen LogP contribution in [0.25, 0.3) is 0 Å². The first-order valence-electron chi connectivity index (χ1n) is 9.06. The Hall–Kier alpha value is -2.28. The van der Waals surface area contributed by atoms with Crippen LogP contribution in [0.3, 0.4) is 0 Å². The summed E-state index contributed by atoms with van der Waals surface area (Å²) in [7, 11) is 0. The summed E-state index contributed by atoms with van der Waals surface area (Å²) in [5.41, 5.74) is 1.17. The predicted octanol–water partition coefficient (Wildman–Crippen LogP) is 1.80. The molecule has 1 N–H and O–H groups in total. The van der Waals surface area contributed by atoms with Gasteiger partial charge in [-0.15, -0.1) is 0 Å². The van der Waals surface area contributed by atoms with E-state index in [1.807, 2.05) is 12.3 Å². The number of hydrogen-bond acceptors (Lipinski definition) is 5. The maximum Gasteiger partial charge on any atom is 0.220 e. The van der Waals surface area contributed by atoms with E-state index in [4.69, 9.17) is 0 Å². The molecule has 0 aromatic carbocycles. The molecule has 7 heteroatoms. The third-order valence-corrected chi connectivity index (χ3v) is 4.65. The number of pyridine rings is 1. The van der Waals surface area contributed by atoms with E-state index in [0.29, 0.717) is 19.5 Å². The molecule has 1 atom stereocenters. The predicted molar refractivity (Wildman–Crippen MR) is 94.7 cm³/mol. The summed E-state index contributed by atoms with van der Waals surface area (Å²) in [5, 5.41) is 7.15. The second kappa shape index (κ2) is 9.27. The summed E-state index contributed by atoms with van der Waals surface area (Å²) >= 11 is 0. The molecule has 3 heterocycles. The van der Waals surface area contributed by atoms with Crippen molar-refractivity contribution in [1.82, 2.24) is 30.0 Å². The first-order chi connectivity index (χ1) is 12.3. The second-order valence-corrected chi connectivity index (χ2v) is 6.46. The van der Waals surface area contributed by atoms with E-state index < -0.39 is 0 Å². The van der Waals surface area contributed by atoms with Crippen molar-refractivity contribution >= 4 is 5.91 Å². The van der Waals surface area contributed by atoms with Gasteiger partial charge in [-0.25, -0.2) is 4.98 Å². The number of piperidine rings is 1. The summed E-state index contributed by atoms with van der Waals surface area (Å²) in [6.45, 7) is 3.52. The molecule has 1 amide bonds. The van der Waals surface area contributed by atoms with Gasteiger partial charge >= 0.3 is 0 Å². The van der Waals surface area contributed by atoms with Gasteiger partial charge in [0.1, 0.15) is 12.7 Å². The minimum absolute atomic E-state index is 0.0889. The van der Waals surface area contributed by atoms with Crippen LogP contribution in [0, 0.1) is 0 Å². The van der Waals surface area contributed by atoms with Crippen molar-refractivity contribution in [3.8, 4) is 0 Å². The Balaban J connectivity index is 1.50. The number of carbonyl (C=O) groups is 1. The lowest BCUT2D eigenvalue weighted by Crippen LogP contribution is -2.40. The number of aromatic nitrogens is 4. The van der Waals surface area contributed by atoms with Gasteiger partial charge in [-0.3, -0.25) is 19.4 Å². The van der Waals surface area contributed by atoms with Crippen molar-refractivity contribution in [3.05, 3.63) is 42.7 Å². The molecule has 3 rings (SSSR count). The summed E-state index contributed by atoms with van der Waals surface area (Å²) in [5.74, 6) is 0.0889. The molecule has 2 aromatic heterocycles. The van der Waals surface area contributed by atoms with E-state index in [2.05, 4.69) is 31.3 Å². The molecule has 25 heavy (non-hydrogen) atoms. The van der Waals surface area contributed by atoms with Crippen LogP contribution in [-0.2, 0) is 11.3 Å². The van der Waals surface area contributed by atoms with Gasteiger partial charge in [0.05, 0.1) is 6.04 Å². The smallest absolute Gasteiger partial charge is 0.220 e. The zero-order valence-corrected chi connectivity index (χ0v) is 14.5. The van der Waals surface area contributed by atoms with Crippen molar-refractivity contribution in [2.24, 2.45) is 0 Å². The van der Waals surface area contributed by atoms with Gasteiger partial charge in [0.15, 0.2) is 0 Å². The minimum atomic E-state index is 0.0889. The average molecular weight is 342 g/mol. The molecule has 0 radical (unpaired) electrons. The normalized spacial score (nSPS) is 16.5. The van der Waals surface area contributed by atoms with E-state index in [-0.39, 0.29) is 11.9 Å². The first kappa shape index (κ1) is 17.5. The zero-order chi connectivity index (χ0) is 17.3. The van der Waals surface area contributed by atoms with Crippen LogP contribution in [0.4, 0.5) is 0 Å². The second-order valence-electron chi connectivity index (χ2n) is 6.46. The molecule has 0 spiro atoms. The fourth-order valence-electron chi connectivity index (χ4n) is 3.31. The molecule has 1 aliphatic rings. The highest BCUT2D eigenvalue weighted by Gasteiger charge is 2.22. The highest BCUT2D eigenvalue weighted by atomic mass is 16.1. The highest BCUT2D eigenvalue weighted by molar-refractivity contribution is 5.75. The molecule has 0 bridgehead atoms. The summed E-state index contributed by atoms with van der Waals surface area (Å²) in [6.07, 6.45) is 11.9. The van der Waals surface area contributed by atoms with Gasteiger partial charge in [-0.05, 0) is 44.0 Å². The molecule has 1 aliphatic heterocycles. The lowest BCUT2D eigenvalue weighted by Gasteiger charge is -2.34. The van der Waals surface area contributed by atoms with Crippen molar-refractivity contribution in [2.45, 2.75) is 44.7 Å². The largest absolute Gasteiger partial charge is 0.354 e. The number of hydrogen-bond donors (Lipinski definition) is 1. The fraction of sp³-hybridized carbons (Fsp3) is 0.556. The highest BCUT2D eigenvalue weighted by Crippen LogP contribution is 2.23. The van der Waals surface area contributed by atoms with Crippen molar-refractivity contribution in [1.29, 1.82) is 0 Å². The number of nitrogens with zero attached hydrogens (tertiary/aromatic N) is 5. The van der Waals surface area contributed by atoms with Crippen LogP contribution >= 0.6 is 0 Å². The molecule has 1 fully saturated rings. The monoisotopic (exact) mass is 342 g/mol. The fourth-order valence-corrected chi connectivity index (χ4v) is 3.31. The number of nitrogens with one attached hydrogen (secondary N) is 1. The Morgan fingerprint density at radius 1 is 1.24 bits per heavy atom. The van der Waals surface area contributed by atoms with Crippen LogP contribution in [-0.4, -0.2) is 50.2 Å². The zero-order valence-electron chi connectivity index (χ0n) is 14.5. The number of rotatable bonds is 8. The molecule has 1 unspecified atom stereocenters. The van der Waals surface area contributed by atoms with Crippen LogP contribution in [0.15, 0.2) is 37.2 Å². The molecule has 7 nitrogen and oxygen atoms in total. The quantitative estimate of drug-likeness (QED) is 0.792. The van der Waals surface area contributed by atoms with Crippen molar-refractivity contribution < 1.29 is 4.79 Å². The van der Waals surface area contributed by atoms with Gasteiger partial charge in [-0.1, -0.05) is 12.5 Å². The van der Waals surface area contributed by atoms with Gasteiger partial charge < -0.3 is 5.32 Å². The first-order valence-corrected chi connectivity index (χ1v) is 9.06. The summed E-state index contributed by atoms with van der Waals surface area (Å²) in [6, 6.07) is 4.27. The Bertz CT molecular complexity index is 624. The number of likely N-dealkylation sites (tertiary alicyclic amines) is 1. The Kier molecular flexibility index (Phi) is 6.50. The van der Waals surface area contributed by atoms with Gasteiger partial charge in [0, 0.05) is 31.9 Å². The standard InChI is InChI=1S/C18H26N6O/c25-18(7-5-11-24-15-20-14-22-24)21-13-17(16-6-4-8-19-12-16)23-9-2-1-3-10-23/h4,6,8,12,14-15,17H,1-3,5,7,9-11,13H2,(H,21,25). The van der Waals surface area contributed by atoms with Gasteiger partial charge in [0.2, 0.25) is 5.91 Å². The molecular formula is C18H26N6O. The van der Waals surface area contributed by atoms with Crippen LogP contribution in [0.5, 0.6) is 0 Å². The minimum Gasteiger partial charge on any atom is -0.354 e. The lowest BCUT2D eigenvalue weighted by atomic mass is 10.0.